The second kappa shape index (κ2) is 15.4. The van der Waals surface area contributed by atoms with E-state index in [4.69, 9.17) is 9.47 Å². The molecule has 0 radical (unpaired) electrons. The normalized spacial score (nSPS) is 25.1. The van der Waals surface area contributed by atoms with Crippen LogP contribution in [0.3, 0.4) is 0 Å². The molecular weight excluding hydrogens is 756 g/mol. The Morgan fingerprint density at radius 1 is 0.898 bits per heavy atom. The number of aromatic nitrogens is 4. The van der Waals surface area contributed by atoms with Gasteiger partial charge in [0.2, 0.25) is 11.8 Å². The Kier molecular flexibility index (Phi) is 9.96. The molecule has 4 aromatic rings. The monoisotopic (exact) mass is 806 g/mol. The predicted molar refractivity (Wildman–Crippen MR) is 218 cm³/mol. The number of hydrogen-bond donors (Lipinski definition) is 2. The first-order valence-corrected chi connectivity index (χ1v) is 21.2. The summed E-state index contributed by atoms with van der Waals surface area (Å²) in [5.41, 5.74) is 3.62. The summed E-state index contributed by atoms with van der Waals surface area (Å²) in [6.45, 7) is 11.5. The van der Waals surface area contributed by atoms with Gasteiger partial charge in [-0.25, -0.2) is 14.4 Å². The highest BCUT2D eigenvalue weighted by molar-refractivity contribution is 6.05. The number of H-pyrrole nitrogens is 1. The van der Waals surface area contributed by atoms with Crippen molar-refractivity contribution in [1.82, 2.24) is 40.2 Å². The van der Waals surface area contributed by atoms with Gasteiger partial charge in [0.1, 0.15) is 35.2 Å². The maximum absolute atomic E-state index is 15.9. The molecule has 6 aliphatic rings. The Bertz CT molecular complexity index is 2260. The molecule has 16 heteroatoms. The zero-order valence-corrected chi connectivity index (χ0v) is 33.5. The van der Waals surface area contributed by atoms with E-state index in [2.05, 4.69) is 53.2 Å². The minimum atomic E-state index is -0.764. The maximum atomic E-state index is 15.9. The highest BCUT2D eigenvalue weighted by Gasteiger charge is 2.42. The molecule has 3 atom stereocenters. The molecule has 310 valence electrons. The van der Waals surface area contributed by atoms with Crippen LogP contribution >= 0.6 is 0 Å². The molecule has 1 aliphatic carbocycles. The van der Waals surface area contributed by atoms with Crippen molar-refractivity contribution in [3.05, 3.63) is 59.7 Å². The number of fused-ring (bicyclic) bond motifs is 2. The second-order valence-corrected chi connectivity index (χ2v) is 17.4. The lowest BCUT2D eigenvalue weighted by atomic mass is 9.97. The third-order valence-corrected chi connectivity index (χ3v) is 13.2. The van der Waals surface area contributed by atoms with E-state index < -0.39 is 17.8 Å². The number of hydrogen-bond acceptors (Lipinski definition) is 12. The lowest BCUT2D eigenvalue weighted by Crippen LogP contribution is -2.52. The Balaban J connectivity index is 0.667. The first-order chi connectivity index (χ1) is 28.7. The van der Waals surface area contributed by atoms with E-state index in [1.165, 1.54) is 4.90 Å². The summed E-state index contributed by atoms with van der Waals surface area (Å²) in [6.07, 6.45) is 6.57. The molecule has 5 aliphatic heterocycles. The lowest BCUT2D eigenvalue weighted by Gasteiger charge is -2.40. The number of nitrogens with one attached hydrogen (secondary N) is 2. The Hall–Kier alpha value is -5.19. The molecule has 0 bridgehead atoms. The van der Waals surface area contributed by atoms with Gasteiger partial charge in [-0.15, -0.1) is 0 Å². The number of ether oxygens (including phenoxy) is 2. The minimum Gasteiger partial charge on any atom is -0.488 e. The number of rotatable bonds is 10. The summed E-state index contributed by atoms with van der Waals surface area (Å²) in [4.78, 5) is 57.2. The van der Waals surface area contributed by atoms with Crippen LogP contribution in [0.5, 0.6) is 5.75 Å². The summed E-state index contributed by atoms with van der Waals surface area (Å²) in [7, 11) is 0. The standard InChI is InChI=1S/C43H51FN10O5/c1-43(10-11-43)59-28-4-6-33-31(20-28)40(49-48-33)34-21-37(46-26-45-34)53-18-14-50(15-19-53)22-27-2-3-29(58-25-27)23-51-12-16-52(17-13-51)35-7-5-30-32(39(35)44)24-54(42(30)57)36-8-9-38(55)47-41(36)56/h4-7,20-21,26-27,29,36H,2-3,8-19,22-25H2,1H3,(H,48,49)(H,47,55,56)/t27-,29-,36?/m1/s1. The first-order valence-electron chi connectivity index (χ1n) is 21.2. The van der Waals surface area contributed by atoms with Crippen LogP contribution in [0.25, 0.3) is 22.3 Å². The highest BCUT2D eigenvalue weighted by Crippen LogP contribution is 2.41. The largest absolute Gasteiger partial charge is 0.488 e. The molecule has 1 unspecified atom stereocenters. The van der Waals surface area contributed by atoms with E-state index in [-0.39, 0.29) is 42.9 Å². The van der Waals surface area contributed by atoms with E-state index in [1.807, 2.05) is 23.1 Å². The Morgan fingerprint density at radius 2 is 1.68 bits per heavy atom. The topological polar surface area (TPSA) is 152 Å². The van der Waals surface area contributed by atoms with Gasteiger partial charge in [0.15, 0.2) is 5.82 Å². The van der Waals surface area contributed by atoms with Gasteiger partial charge in [0.05, 0.1) is 36.2 Å². The number of benzene rings is 2. The maximum Gasteiger partial charge on any atom is 0.255 e. The summed E-state index contributed by atoms with van der Waals surface area (Å²) < 4.78 is 28.6. The number of nitrogens with zero attached hydrogens (tertiary/aromatic N) is 8. The van der Waals surface area contributed by atoms with Gasteiger partial charge < -0.3 is 24.2 Å². The number of halogens is 1. The quantitative estimate of drug-likeness (QED) is 0.226. The Labute approximate surface area is 342 Å². The summed E-state index contributed by atoms with van der Waals surface area (Å²) >= 11 is 0. The molecule has 7 heterocycles. The molecule has 3 amide bonds. The van der Waals surface area contributed by atoms with Gasteiger partial charge in [0.25, 0.3) is 5.91 Å². The molecule has 2 aromatic heterocycles. The SMILES string of the molecule is CC1(Oc2ccc3[nH]nc(-c4cc(N5CCN(C[C@H]6CC[C@H](CN7CCN(c8ccc9c(c8F)CN(C8CCC(=O)NC8=O)C9=O)CC7)OC6)CC5)ncn4)c3c2)CC1. The van der Waals surface area contributed by atoms with Crippen molar-refractivity contribution in [3.63, 3.8) is 0 Å². The van der Waals surface area contributed by atoms with Crippen LogP contribution in [-0.4, -0.2) is 142 Å². The zero-order valence-electron chi connectivity index (χ0n) is 33.5. The van der Waals surface area contributed by atoms with Crippen LogP contribution in [0.2, 0.25) is 0 Å². The van der Waals surface area contributed by atoms with Crippen LogP contribution in [0.1, 0.15) is 61.4 Å². The van der Waals surface area contributed by atoms with Crippen molar-refractivity contribution < 1.29 is 28.2 Å². The number of carbonyl (C=O) groups excluding carboxylic acids is 3. The van der Waals surface area contributed by atoms with Crippen LogP contribution in [0, 0.1) is 11.7 Å². The number of carbonyl (C=O) groups is 3. The van der Waals surface area contributed by atoms with Crippen molar-refractivity contribution in [2.45, 2.75) is 69.7 Å². The number of aromatic amines is 1. The van der Waals surface area contributed by atoms with E-state index in [1.54, 1.807) is 18.5 Å². The van der Waals surface area contributed by atoms with E-state index in [9.17, 15) is 14.4 Å². The third kappa shape index (κ3) is 7.73. The zero-order chi connectivity index (χ0) is 40.3. The molecule has 10 rings (SSSR count). The molecule has 1 saturated carbocycles. The fourth-order valence-electron chi connectivity index (χ4n) is 9.43. The summed E-state index contributed by atoms with van der Waals surface area (Å²) in [5.74, 6) is 0.681. The molecule has 5 fully saturated rings. The van der Waals surface area contributed by atoms with Gasteiger partial charge >= 0.3 is 0 Å². The smallest absolute Gasteiger partial charge is 0.255 e. The lowest BCUT2D eigenvalue weighted by molar-refractivity contribution is -0.136. The van der Waals surface area contributed by atoms with Crippen molar-refractivity contribution >= 4 is 40.1 Å². The average molecular weight is 807 g/mol. The molecule has 2 N–H and O–H groups in total. The molecule has 59 heavy (non-hydrogen) atoms. The van der Waals surface area contributed by atoms with Gasteiger partial charge in [-0.05, 0) is 75.3 Å². The Morgan fingerprint density at radius 3 is 2.42 bits per heavy atom. The second-order valence-electron chi connectivity index (χ2n) is 17.4. The van der Waals surface area contributed by atoms with Crippen LogP contribution in [0.4, 0.5) is 15.9 Å². The van der Waals surface area contributed by atoms with E-state index in [0.29, 0.717) is 35.8 Å². The van der Waals surface area contributed by atoms with Gasteiger partial charge in [-0.1, -0.05) is 0 Å². The van der Waals surface area contributed by atoms with Crippen molar-refractivity contribution in [2.24, 2.45) is 5.92 Å². The van der Waals surface area contributed by atoms with Crippen molar-refractivity contribution in [2.75, 3.05) is 81.9 Å². The summed E-state index contributed by atoms with van der Waals surface area (Å²) in [5, 5.41) is 11.1. The molecule has 0 spiro atoms. The van der Waals surface area contributed by atoms with E-state index >= 15 is 4.39 Å². The van der Waals surface area contributed by atoms with Crippen molar-refractivity contribution in [1.29, 1.82) is 0 Å². The number of anilines is 2. The third-order valence-electron chi connectivity index (χ3n) is 13.2. The van der Waals surface area contributed by atoms with Crippen LogP contribution in [0.15, 0.2) is 42.7 Å². The first kappa shape index (κ1) is 38.0. The molecular formula is C43H51FN10O5. The molecule has 2 aromatic carbocycles. The fraction of sp³-hybridized carbons (Fsp3) is 0.535. The van der Waals surface area contributed by atoms with Gasteiger partial charge in [0, 0.05) is 94.4 Å². The van der Waals surface area contributed by atoms with Crippen LogP contribution < -0.4 is 19.9 Å². The van der Waals surface area contributed by atoms with Crippen LogP contribution in [-0.2, 0) is 20.9 Å². The molecule has 15 nitrogen and oxygen atoms in total. The predicted octanol–water partition coefficient (Wildman–Crippen LogP) is 3.59. The average Bonchev–Trinajstić information content (AvgIpc) is 3.66. The van der Waals surface area contributed by atoms with E-state index in [0.717, 1.165) is 119 Å². The van der Waals surface area contributed by atoms with Gasteiger partial charge in [-0.2, -0.15) is 5.10 Å². The molecule has 4 saturated heterocycles. The number of amides is 3. The number of imide groups is 1. The van der Waals surface area contributed by atoms with Gasteiger partial charge in [-0.3, -0.25) is 34.6 Å². The number of piperidine rings is 1. The highest BCUT2D eigenvalue weighted by atomic mass is 19.1. The number of piperazine rings is 2. The van der Waals surface area contributed by atoms with Crippen molar-refractivity contribution in [3.8, 4) is 17.1 Å². The fourth-order valence-corrected chi connectivity index (χ4v) is 9.43. The summed E-state index contributed by atoms with van der Waals surface area (Å²) in [6, 6.07) is 10.7. The minimum absolute atomic E-state index is 0.0304.